The summed E-state index contributed by atoms with van der Waals surface area (Å²) < 4.78 is 7.61. The summed E-state index contributed by atoms with van der Waals surface area (Å²) in [6.45, 7) is 2.15. The lowest BCUT2D eigenvalue weighted by molar-refractivity contribution is -0.140. The molecule has 30 heavy (non-hydrogen) atoms. The molecule has 1 saturated heterocycles. The van der Waals surface area contributed by atoms with Crippen LogP contribution in [0, 0.1) is 0 Å². The van der Waals surface area contributed by atoms with Crippen LogP contribution in [0.15, 0.2) is 29.6 Å². The van der Waals surface area contributed by atoms with Crippen LogP contribution < -0.4 is 10.9 Å². The van der Waals surface area contributed by atoms with Gasteiger partial charge in [0.25, 0.3) is 5.56 Å². The maximum Gasteiger partial charge on any atom is 0.326 e. The molecule has 0 spiro atoms. The molecule has 3 N–H and O–H groups in total. The molecule has 0 aromatic carbocycles. The number of nitrogens with zero attached hydrogens (tertiary/aromatic N) is 5. The average Bonchev–Trinajstić information content (AvgIpc) is 3.16. The number of hydrogen-bond donors (Lipinski definition) is 3. The van der Waals surface area contributed by atoms with Crippen molar-refractivity contribution in [3.05, 3.63) is 40.2 Å². The molecule has 1 aliphatic rings. The van der Waals surface area contributed by atoms with E-state index in [2.05, 4.69) is 20.4 Å². The van der Waals surface area contributed by atoms with Crippen molar-refractivity contribution in [1.29, 1.82) is 0 Å². The van der Waals surface area contributed by atoms with Crippen molar-refractivity contribution in [1.82, 2.24) is 24.1 Å². The van der Waals surface area contributed by atoms with Crippen LogP contribution in [0.1, 0.15) is 19.4 Å². The van der Waals surface area contributed by atoms with Crippen molar-refractivity contribution in [2.45, 2.75) is 31.5 Å². The van der Waals surface area contributed by atoms with Gasteiger partial charge in [0.1, 0.15) is 17.9 Å². The van der Waals surface area contributed by atoms with E-state index in [0.717, 1.165) is 4.57 Å². The van der Waals surface area contributed by atoms with E-state index in [1.165, 1.54) is 24.0 Å². The van der Waals surface area contributed by atoms with Gasteiger partial charge in [-0.2, -0.15) is 5.10 Å². The minimum atomic E-state index is -1.14. The Morgan fingerprint density at radius 1 is 1.47 bits per heavy atom. The number of nitrogens with one attached hydrogen (secondary N) is 1. The molecular weight excluding hydrogens is 416 g/mol. The molecule has 4 rings (SSSR count). The van der Waals surface area contributed by atoms with Gasteiger partial charge in [-0.25, -0.2) is 19.3 Å². The molecular formula is C18H19ClN6O5. The molecule has 4 heterocycles. The van der Waals surface area contributed by atoms with Gasteiger partial charge in [-0.1, -0.05) is 11.6 Å². The van der Waals surface area contributed by atoms with Crippen LogP contribution >= 0.6 is 11.6 Å². The van der Waals surface area contributed by atoms with Crippen LogP contribution in [0.3, 0.4) is 0 Å². The highest BCUT2D eigenvalue weighted by Crippen LogP contribution is 2.28. The van der Waals surface area contributed by atoms with Gasteiger partial charge in [0.2, 0.25) is 5.95 Å². The Morgan fingerprint density at radius 2 is 2.27 bits per heavy atom. The van der Waals surface area contributed by atoms with E-state index in [1.54, 1.807) is 12.3 Å². The van der Waals surface area contributed by atoms with Gasteiger partial charge in [0.15, 0.2) is 0 Å². The Bertz CT molecular complexity index is 1160. The first-order valence-corrected chi connectivity index (χ1v) is 9.60. The molecule has 3 aromatic rings. The summed E-state index contributed by atoms with van der Waals surface area (Å²) in [6, 6.07) is 0.228. The predicted molar refractivity (Wildman–Crippen MR) is 107 cm³/mol. The number of halogens is 1. The van der Waals surface area contributed by atoms with Gasteiger partial charge in [0, 0.05) is 18.4 Å². The number of aliphatic carboxylic acids is 1. The quantitative estimate of drug-likeness (QED) is 0.531. The zero-order chi connectivity index (χ0) is 21.4. The number of ether oxygens (including phenoxy) is 1. The van der Waals surface area contributed by atoms with E-state index in [9.17, 15) is 19.8 Å². The number of aromatic nitrogens is 5. The number of fused-ring (bicyclic) bond motifs is 1. The summed E-state index contributed by atoms with van der Waals surface area (Å²) in [5.74, 6) is -0.861. The van der Waals surface area contributed by atoms with E-state index in [-0.39, 0.29) is 29.1 Å². The summed E-state index contributed by atoms with van der Waals surface area (Å²) in [7, 11) is 0. The maximum atomic E-state index is 12.7. The molecule has 0 aliphatic carbocycles. The Hall–Kier alpha value is -3.02. The second-order valence-electron chi connectivity index (χ2n) is 6.99. The molecule has 0 amide bonds. The average molecular weight is 435 g/mol. The fraction of sp³-hybridized carbons (Fsp3) is 0.389. The van der Waals surface area contributed by atoms with Gasteiger partial charge in [0.05, 0.1) is 35.7 Å². The SMILES string of the molecule is CC(C(=O)O)n1cnn2cc(-c3nc(N[C@@H]4CCOC[C@@H]4O)ncc3Cl)cc2c1=O. The first-order chi connectivity index (χ1) is 14.3. The topological polar surface area (TPSA) is 144 Å². The number of carbonyl (C=O) groups is 1. The minimum Gasteiger partial charge on any atom is -0.480 e. The van der Waals surface area contributed by atoms with Crippen LogP contribution in [0.4, 0.5) is 5.95 Å². The third kappa shape index (κ3) is 3.74. The van der Waals surface area contributed by atoms with Crippen LogP contribution in [0.2, 0.25) is 5.02 Å². The van der Waals surface area contributed by atoms with Crippen LogP contribution in [-0.2, 0) is 9.53 Å². The van der Waals surface area contributed by atoms with Crippen LogP contribution in [0.5, 0.6) is 0 Å². The third-order valence-corrected chi connectivity index (χ3v) is 5.26. The molecule has 0 saturated carbocycles. The number of carboxylic acids is 1. The van der Waals surface area contributed by atoms with E-state index in [4.69, 9.17) is 16.3 Å². The van der Waals surface area contributed by atoms with Crippen molar-refractivity contribution < 1.29 is 19.7 Å². The van der Waals surface area contributed by atoms with Gasteiger partial charge in [-0.15, -0.1) is 0 Å². The smallest absolute Gasteiger partial charge is 0.326 e. The Balaban J connectivity index is 1.70. The van der Waals surface area contributed by atoms with Gasteiger partial charge in [-0.05, 0) is 19.4 Å². The zero-order valence-corrected chi connectivity index (χ0v) is 16.7. The summed E-state index contributed by atoms with van der Waals surface area (Å²) in [4.78, 5) is 32.5. The van der Waals surface area contributed by atoms with Crippen molar-refractivity contribution in [2.24, 2.45) is 0 Å². The predicted octanol–water partition coefficient (Wildman–Crippen LogP) is 0.814. The largest absolute Gasteiger partial charge is 0.480 e. The molecule has 1 fully saturated rings. The summed E-state index contributed by atoms with van der Waals surface area (Å²) >= 11 is 6.28. The van der Waals surface area contributed by atoms with Gasteiger partial charge in [-0.3, -0.25) is 9.36 Å². The molecule has 12 heteroatoms. The van der Waals surface area contributed by atoms with E-state index in [0.29, 0.717) is 24.3 Å². The highest BCUT2D eigenvalue weighted by Gasteiger charge is 2.25. The Labute approximate surface area is 174 Å². The summed E-state index contributed by atoms with van der Waals surface area (Å²) in [5.41, 5.74) is 0.575. The monoisotopic (exact) mass is 434 g/mol. The van der Waals surface area contributed by atoms with Crippen LogP contribution in [-0.4, -0.2) is 65.7 Å². The number of anilines is 1. The molecule has 3 atom stereocenters. The molecule has 3 aromatic heterocycles. The highest BCUT2D eigenvalue weighted by atomic mass is 35.5. The molecule has 158 valence electrons. The Kier molecular flexibility index (Phi) is 5.41. The number of carboxylic acid groups (broad SMARTS) is 1. The normalized spacial score (nSPS) is 20.2. The lowest BCUT2D eigenvalue weighted by Crippen LogP contribution is -2.42. The zero-order valence-electron chi connectivity index (χ0n) is 15.9. The molecule has 1 aliphatic heterocycles. The number of rotatable bonds is 5. The minimum absolute atomic E-state index is 0.185. The molecule has 0 bridgehead atoms. The lowest BCUT2D eigenvalue weighted by atomic mass is 10.1. The van der Waals surface area contributed by atoms with E-state index >= 15 is 0 Å². The second kappa shape index (κ2) is 8.01. The molecule has 0 radical (unpaired) electrons. The maximum absolute atomic E-state index is 12.7. The first kappa shape index (κ1) is 20.3. The number of hydrogen-bond acceptors (Lipinski definition) is 8. The van der Waals surface area contributed by atoms with Gasteiger partial charge < -0.3 is 20.3 Å². The first-order valence-electron chi connectivity index (χ1n) is 9.22. The van der Waals surface area contributed by atoms with Crippen molar-refractivity contribution in [3.63, 3.8) is 0 Å². The highest BCUT2D eigenvalue weighted by molar-refractivity contribution is 6.32. The van der Waals surface area contributed by atoms with Gasteiger partial charge >= 0.3 is 5.97 Å². The van der Waals surface area contributed by atoms with E-state index in [1.807, 2.05) is 0 Å². The number of aliphatic hydroxyl groups excluding tert-OH is 1. The fourth-order valence-electron chi connectivity index (χ4n) is 3.22. The fourth-order valence-corrected chi connectivity index (χ4v) is 3.42. The van der Waals surface area contributed by atoms with E-state index < -0.39 is 23.7 Å². The van der Waals surface area contributed by atoms with Crippen molar-refractivity contribution in [2.75, 3.05) is 18.5 Å². The van der Waals surface area contributed by atoms with Crippen molar-refractivity contribution >= 4 is 29.0 Å². The standard InChI is InChI=1S/C18H19ClN6O5/c1-9(17(28)29)24-8-21-25-6-10(4-13(25)16(24)27)15-11(19)5-20-18(23-15)22-12-2-3-30-7-14(12)26/h4-6,8-9,12,14,26H,2-3,7H2,1H3,(H,28,29)(H,20,22,23)/t9?,12-,14+/m1/s1. The third-order valence-electron chi connectivity index (χ3n) is 4.99. The molecule has 1 unspecified atom stereocenters. The molecule has 11 nitrogen and oxygen atoms in total. The second-order valence-corrected chi connectivity index (χ2v) is 7.40. The number of aliphatic hydroxyl groups is 1. The Morgan fingerprint density at radius 3 is 3.00 bits per heavy atom. The van der Waals surface area contributed by atoms with Crippen molar-refractivity contribution in [3.8, 4) is 11.3 Å². The summed E-state index contributed by atoms with van der Waals surface area (Å²) in [5, 5.41) is 26.7. The lowest BCUT2D eigenvalue weighted by Gasteiger charge is -2.28. The summed E-state index contributed by atoms with van der Waals surface area (Å²) in [6.07, 6.45) is 4.10. The van der Waals surface area contributed by atoms with Crippen LogP contribution in [0.25, 0.3) is 16.8 Å².